The lowest BCUT2D eigenvalue weighted by Gasteiger charge is -2.44. The second kappa shape index (κ2) is 6.73. The number of allylic oxidation sites excluding steroid dienone is 2. The number of rotatable bonds is 4. The lowest BCUT2D eigenvalue weighted by atomic mass is 9.75. The molecule has 4 nitrogen and oxygen atoms in total. The molecule has 1 N–H and O–H groups in total. The van der Waals surface area contributed by atoms with E-state index in [4.69, 9.17) is 0 Å². The predicted molar refractivity (Wildman–Crippen MR) is 95.4 cm³/mol. The summed E-state index contributed by atoms with van der Waals surface area (Å²) in [7, 11) is 0. The molecule has 1 unspecified atom stereocenters. The highest BCUT2D eigenvalue weighted by atomic mass is 16.2. The van der Waals surface area contributed by atoms with Gasteiger partial charge >= 0.3 is 0 Å². The largest absolute Gasteiger partial charge is 0.353 e. The second-order valence-electron chi connectivity index (χ2n) is 8.04. The minimum Gasteiger partial charge on any atom is -0.353 e. The van der Waals surface area contributed by atoms with Gasteiger partial charge in [0.2, 0.25) is 11.8 Å². The molecule has 24 heavy (non-hydrogen) atoms. The van der Waals surface area contributed by atoms with Crippen LogP contribution in [0.2, 0.25) is 0 Å². The molecule has 2 amide bonds. The summed E-state index contributed by atoms with van der Waals surface area (Å²) in [6.45, 7) is 6.53. The zero-order valence-corrected chi connectivity index (χ0v) is 14.9. The Morgan fingerprint density at radius 2 is 2.08 bits per heavy atom. The van der Waals surface area contributed by atoms with Crippen LogP contribution in [0.25, 0.3) is 0 Å². The van der Waals surface area contributed by atoms with Crippen LogP contribution in [0.15, 0.2) is 24.8 Å². The first-order valence-electron chi connectivity index (χ1n) is 9.36. The smallest absolute Gasteiger partial charge is 0.226 e. The van der Waals surface area contributed by atoms with E-state index in [1.54, 1.807) is 0 Å². The normalized spacial score (nSPS) is 36.1. The molecule has 1 aliphatic heterocycles. The second-order valence-corrected chi connectivity index (χ2v) is 8.04. The van der Waals surface area contributed by atoms with Crippen LogP contribution in [-0.2, 0) is 9.59 Å². The Balaban J connectivity index is 1.57. The standard InChI is InChI=1S/C20H30N2O2/c1-3-15-22-17(23)9-14-20(22)12-7-16(8-13-20)21-18(24)19(2)10-5-4-6-11-19/h3-5,16H,1,6-15H2,2H3,(H,21,24). The van der Waals surface area contributed by atoms with Crippen molar-refractivity contribution in [1.82, 2.24) is 10.2 Å². The number of hydrogen-bond donors (Lipinski definition) is 1. The lowest BCUT2D eigenvalue weighted by molar-refractivity contribution is -0.134. The van der Waals surface area contributed by atoms with Crippen molar-refractivity contribution in [3.05, 3.63) is 24.8 Å². The summed E-state index contributed by atoms with van der Waals surface area (Å²) in [4.78, 5) is 26.9. The Morgan fingerprint density at radius 3 is 2.71 bits per heavy atom. The van der Waals surface area contributed by atoms with Crippen molar-refractivity contribution < 1.29 is 9.59 Å². The van der Waals surface area contributed by atoms with Crippen LogP contribution in [-0.4, -0.2) is 34.8 Å². The summed E-state index contributed by atoms with van der Waals surface area (Å²) in [6.07, 6.45) is 14.5. The number of nitrogens with one attached hydrogen (secondary N) is 1. The molecule has 3 rings (SSSR count). The highest BCUT2D eigenvalue weighted by molar-refractivity contribution is 5.83. The molecule has 0 bridgehead atoms. The van der Waals surface area contributed by atoms with Gasteiger partial charge in [-0.15, -0.1) is 6.58 Å². The van der Waals surface area contributed by atoms with E-state index in [-0.39, 0.29) is 28.8 Å². The Kier molecular flexibility index (Phi) is 4.84. The third-order valence-corrected chi connectivity index (χ3v) is 6.39. The van der Waals surface area contributed by atoms with Crippen LogP contribution >= 0.6 is 0 Å². The first-order chi connectivity index (χ1) is 11.5. The van der Waals surface area contributed by atoms with Gasteiger partial charge in [0.15, 0.2) is 0 Å². The van der Waals surface area contributed by atoms with Gasteiger partial charge in [0.05, 0.1) is 5.41 Å². The Morgan fingerprint density at radius 1 is 1.33 bits per heavy atom. The van der Waals surface area contributed by atoms with Gasteiger partial charge in [-0.05, 0) is 51.4 Å². The molecule has 0 aromatic carbocycles. The molecule has 0 radical (unpaired) electrons. The lowest BCUT2D eigenvalue weighted by Crippen LogP contribution is -2.52. The molecule has 2 aliphatic carbocycles. The van der Waals surface area contributed by atoms with Gasteiger partial charge < -0.3 is 10.2 Å². The van der Waals surface area contributed by atoms with Crippen molar-refractivity contribution in [2.45, 2.75) is 76.3 Å². The molecule has 132 valence electrons. The summed E-state index contributed by atoms with van der Waals surface area (Å²) < 4.78 is 0. The van der Waals surface area contributed by atoms with E-state index in [0.717, 1.165) is 51.4 Å². The molecule has 3 aliphatic rings. The highest BCUT2D eigenvalue weighted by Gasteiger charge is 2.47. The molecule has 1 saturated heterocycles. The zero-order valence-electron chi connectivity index (χ0n) is 14.9. The fourth-order valence-corrected chi connectivity index (χ4v) is 4.65. The van der Waals surface area contributed by atoms with E-state index in [0.29, 0.717) is 13.0 Å². The van der Waals surface area contributed by atoms with Crippen molar-refractivity contribution in [2.75, 3.05) is 6.54 Å². The molecule has 4 heteroatoms. The van der Waals surface area contributed by atoms with Gasteiger partial charge in [0, 0.05) is 24.5 Å². The van der Waals surface area contributed by atoms with Gasteiger partial charge in [-0.25, -0.2) is 0 Å². The SMILES string of the molecule is C=CCN1C(=O)CCC12CCC(NC(=O)C1(C)CC=CCC1)CC2. The topological polar surface area (TPSA) is 49.4 Å². The fourth-order valence-electron chi connectivity index (χ4n) is 4.65. The number of amides is 2. The maximum atomic E-state index is 12.7. The van der Waals surface area contributed by atoms with Crippen LogP contribution in [0.5, 0.6) is 0 Å². The molecule has 2 fully saturated rings. The highest BCUT2D eigenvalue weighted by Crippen LogP contribution is 2.42. The fraction of sp³-hybridized carbons (Fsp3) is 0.700. The summed E-state index contributed by atoms with van der Waals surface area (Å²) in [5, 5.41) is 3.30. The average molecular weight is 330 g/mol. The Labute approximate surface area is 145 Å². The number of nitrogens with zero attached hydrogens (tertiary/aromatic N) is 1. The summed E-state index contributed by atoms with van der Waals surface area (Å²) in [5.41, 5.74) is -0.230. The van der Waals surface area contributed by atoms with Crippen molar-refractivity contribution in [2.24, 2.45) is 5.41 Å². The zero-order chi connectivity index (χ0) is 17.2. The number of likely N-dealkylation sites (tertiary alicyclic amines) is 1. The predicted octanol–water partition coefficient (Wildman–Crippen LogP) is 3.34. The first kappa shape index (κ1) is 17.2. The van der Waals surface area contributed by atoms with Crippen LogP contribution < -0.4 is 5.32 Å². The van der Waals surface area contributed by atoms with Gasteiger partial charge in [-0.3, -0.25) is 9.59 Å². The van der Waals surface area contributed by atoms with Crippen LogP contribution in [0.4, 0.5) is 0 Å². The molecule has 1 heterocycles. The van der Waals surface area contributed by atoms with Crippen LogP contribution in [0.3, 0.4) is 0 Å². The van der Waals surface area contributed by atoms with E-state index in [1.165, 1.54) is 0 Å². The summed E-state index contributed by atoms with van der Waals surface area (Å²) >= 11 is 0. The monoisotopic (exact) mass is 330 g/mol. The van der Waals surface area contributed by atoms with Gasteiger partial charge in [0.25, 0.3) is 0 Å². The summed E-state index contributed by atoms with van der Waals surface area (Å²) in [6, 6.07) is 0.257. The Hall–Kier alpha value is -1.58. The van der Waals surface area contributed by atoms with E-state index in [2.05, 4.69) is 31.0 Å². The number of carbonyl (C=O) groups is 2. The van der Waals surface area contributed by atoms with Gasteiger partial charge in [-0.2, -0.15) is 0 Å². The number of hydrogen-bond acceptors (Lipinski definition) is 2. The number of carbonyl (C=O) groups excluding carboxylic acids is 2. The van der Waals surface area contributed by atoms with Crippen molar-refractivity contribution in [3.8, 4) is 0 Å². The van der Waals surface area contributed by atoms with Crippen LogP contribution in [0, 0.1) is 5.41 Å². The minimum absolute atomic E-state index is 0.0178. The quantitative estimate of drug-likeness (QED) is 0.804. The maximum Gasteiger partial charge on any atom is 0.226 e. The van der Waals surface area contributed by atoms with E-state index in [9.17, 15) is 9.59 Å². The molecule has 0 aromatic rings. The van der Waals surface area contributed by atoms with E-state index in [1.807, 2.05) is 11.0 Å². The van der Waals surface area contributed by atoms with Crippen molar-refractivity contribution >= 4 is 11.8 Å². The van der Waals surface area contributed by atoms with E-state index < -0.39 is 0 Å². The van der Waals surface area contributed by atoms with Gasteiger partial charge in [0.1, 0.15) is 0 Å². The molecular weight excluding hydrogens is 300 g/mol. The third-order valence-electron chi connectivity index (χ3n) is 6.39. The van der Waals surface area contributed by atoms with Crippen molar-refractivity contribution in [1.29, 1.82) is 0 Å². The van der Waals surface area contributed by atoms with E-state index >= 15 is 0 Å². The Bertz CT molecular complexity index is 546. The first-order valence-corrected chi connectivity index (χ1v) is 9.36. The summed E-state index contributed by atoms with van der Waals surface area (Å²) in [5.74, 6) is 0.470. The minimum atomic E-state index is -0.248. The molecule has 1 saturated carbocycles. The third kappa shape index (κ3) is 3.15. The van der Waals surface area contributed by atoms with Crippen molar-refractivity contribution in [3.63, 3.8) is 0 Å². The maximum absolute atomic E-state index is 12.7. The molecule has 1 atom stereocenters. The van der Waals surface area contributed by atoms with Crippen LogP contribution in [0.1, 0.15) is 64.7 Å². The average Bonchev–Trinajstić information content (AvgIpc) is 2.88. The molecular formula is C20H30N2O2. The van der Waals surface area contributed by atoms with Gasteiger partial charge in [-0.1, -0.05) is 25.2 Å². The molecule has 1 spiro atoms. The molecule has 0 aromatic heterocycles.